The molecule has 0 atom stereocenters. The predicted octanol–water partition coefficient (Wildman–Crippen LogP) is 5.67. The van der Waals surface area contributed by atoms with Crippen molar-refractivity contribution >= 4 is 45.8 Å². The van der Waals surface area contributed by atoms with Gasteiger partial charge in [0.15, 0.2) is 0 Å². The highest BCUT2D eigenvalue weighted by Gasteiger charge is 2.24. The number of hydrogen-bond acceptors (Lipinski definition) is 5. The Morgan fingerprint density at radius 2 is 1.68 bits per heavy atom. The average Bonchev–Trinajstić information content (AvgIpc) is 2.92. The Kier molecular flexibility index (Phi) is 7.20. The number of anilines is 2. The van der Waals surface area contributed by atoms with Crippen LogP contribution in [0.2, 0.25) is 5.02 Å². The van der Waals surface area contributed by atoms with E-state index in [1.165, 1.54) is 0 Å². The Hall–Kier alpha value is -4.10. The standard InChI is InChI=1S/C30H28ClN3O4/c1-19(2)29(36)34-14-12-33(13-15-34)26-11-10-23(18-25(26)31)32-28(35)22-8-5-7-20(16-22)24-17-21-6-3-4-9-27(21)38-30(24)37/h3-11,16-19H,12-15H2,1-2H3,(H,32,35). The molecule has 1 aliphatic rings. The van der Waals surface area contributed by atoms with Crippen LogP contribution in [0.15, 0.2) is 82.0 Å². The van der Waals surface area contributed by atoms with Crippen molar-refractivity contribution in [1.82, 2.24) is 4.90 Å². The molecule has 7 nitrogen and oxygen atoms in total. The molecule has 194 valence electrons. The molecule has 1 N–H and O–H groups in total. The average molecular weight is 530 g/mol. The van der Waals surface area contributed by atoms with Crippen LogP contribution in [0.1, 0.15) is 24.2 Å². The minimum absolute atomic E-state index is 0.0151. The summed E-state index contributed by atoms with van der Waals surface area (Å²) in [7, 11) is 0. The number of nitrogens with zero attached hydrogens (tertiary/aromatic N) is 2. The van der Waals surface area contributed by atoms with Gasteiger partial charge in [0, 0.05) is 48.7 Å². The number of carbonyl (C=O) groups excluding carboxylic acids is 2. The number of fused-ring (bicyclic) bond motifs is 1. The molecule has 0 bridgehead atoms. The second kappa shape index (κ2) is 10.7. The molecule has 1 saturated heterocycles. The van der Waals surface area contributed by atoms with Crippen LogP contribution in [0.5, 0.6) is 0 Å². The van der Waals surface area contributed by atoms with E-state index in [4.69, 9.17) is 16.0 Å². The Morgan fingerprint density at radius 1 is 0.921 bits per heavy atom. The number of rotatable bonds is 5. The first-order valence-corrected chi connectivity index (χ1v) is 13.0. The van der Waals surface area contributed by atoms with Gasteiger partial charge in [-0.1, -0.05) is 55.8 Å². The Bertz CT molecular complexity index is 1570. The maximum Gasteiger partial charge on any atom is 0.344 e. The summed E-state index contributed by atoms with van der Waals surface area (Å²) in [6.45, 7) is 6.51. The largest absolute Gasteiger partial charge is 0.422 e. The lowest BCUT2D eigenvalue weighted by Crippen LogP contribution is -2.50. The third-order valence-corrected chi connectivity index (χ3v) is 7.01. The number of benzene rings is 3. The molecule has 0 radical (unpaired) electrons. The molecule has 1 aromatic heterocycles. The minimum atomic E-state index is -0.460. The quantitative estimate of drug-likeness (QED) is 0.337. The highest BCUT2D eigenvalue weighted by atomic mass is 35.5. The number of halogens is 1. The van der Waals surface area contributed by atoms with Crippen LogP contribution in [-0.4, -0.2) is 42.9 Å². The van der Waals surface area contributed by atoms with E-state index in [0.717, 1.165) is 11.1 Å². The third-order valence-electron chi connectivity index (χ3n) is 6.71. The monoisotopic (exact) mass is 529 g/mol. The summed E-state index contributed by atoms with van der Waals surface area (Å²) in [4.78, 5) is 41.9. The number of piperazine rings is 1. The molecule has 4 aromatic rings. The third kappa shape index (κ3) is 5.29. The zero-order valence-electron chi connectivity index (χ0n) is 21.2. The topological polar surface area (TPSA) is 82.9 Å². The number of nitrogens with one attached hydrogen (secondary N) is 1. The van der Waals surface area contributed by atoms with Gasteiger partial charge in [0.05, 0.1) is 16.3 Å². The van der Waals surface area contributed by atoms with E-state index in [-0.39, 0.29) is 17.7 Å². The fraction of sp³-hybridized carbons (Fsp3) is 0.233. The van der Waals surface area contributed by atoms with Crippen molar-refractivity contribution in [2.45, 2.75) is 13.8 Å². The van der Waals surface area contributed by atoms with E-state index >= 15 is 0 Å². The zero-order chi connectivity index (χ0) is 26.8. The van der Waals surface area contributed by atoms with Crippen LogP contribution in [0.25, 0.3) is 22.1 Å². The summed E-state index contributed by atoms with van der Waals surface area (Å²) in [5.74, 6) is -0.167. The zero-order valence-corrected chi connectivity index (χ0v) is 22.0. The van der Waals surface area contributed by atoms with Gasteiger partial charge in [0.2, 0.25) is 5.91 Å². The summed E-state index contributed by atoms with van der Waals surface area (Å²) in [6.07, 6.45) is 0. The van der Waals surface area contributed by atoms with Gasteiger partial charge in [-0.05, 0) is 48.0 Å². The number of carbonyl (C=O) groups is 2. The van der Waals surface area contributed by atoms with Gasteiger partial charge in [0.1, 0.15) is 5.58 Å². The minimum Gasteiger partial charge on any atom is -0.422 e. The smallest absolute Gasteiger partial charge is 0.344 e. The molecular weight excluding hydrogens is 502 g/mol. The van der Waals surface area contributed by atoms with Crippen molar-refractivity contribution in [3.05, 3.63) is 93.8 Å². The number of para-hydroxylation sites is 1. The maximum absolute atomic E-state index is 13.0. The molecular formula is C30H28ClN3O4. The number of amides is 2. The van der Waals surface area contributed by atoms with Gasteiger partial charge in [-0.25, -0.2) is 4.79 Å². The van der Waals surface area contributed by atoms with Crippen LogP contribution in [0.3, 0.4) is 0 Å². The van der Waals surface area contributed by atoms with Crippen molar-refractivity contribution < 1.29 is 14.0 Å². The SMILES string of the molecule is CC(C)C(=O)N1CCN(c2ccc(NC(=O)c3cccc(-c4cc5ccccc5oc4=O)c3)cc2Cl)CC1. The molecule has 8 heteroatoms. The number of hydrogen-bond donors (Lipinski definition) is 1. The van der Waals surface area contributed by atoms with E-state index in [1.807, 2.05) is 49.1 Å². The van der Waals surface area contributed by atoms with Gasteiger partial charge in [0.25, 0.3) is 5.91 Å². The Balaban J connectivity index is 1.29. The van der Waals surface area contributed by atoms with E-state index in [2.05, 4.69) is 10.2 Å². The normalized spacial score (nSPS) is 13.7. The molecule has 0 spiro atoms. The van der Waals surface area contributed by atoms with E-state index in [1.54, 1.807) is 42.5 Å². The molecule has 0 aliphatic carbocycles. The van der Waals surface area contributed by atoms with Crippen molar-refractivity contribution in [2.24, 2.45) is 5.92 Å². The van der Waals surface area contributed by atoms with Gasteiger partial charge in [-0.3, -0.25) is 9.59 Å². The molecule has 2 heterocycles. The summed E-state index contributed by atoms with van der Waals surface area (Å²) in [5.41, 5.74) is 2.88. The summed E-state index contributed by atoms with van der Waals surface area (Å²) >= 11 is 6.59. The van der Waals surface area contributed by atoms with Gasteiger partial charge in [-0.2, -0.15) is 0 Å². The van der Waals surface area contributed by atoms with Crippen molar-refractivity contribution in [2.75, 3.05) is 36.4 Å². The second-order valence-corrected chi connectivity index (χ2v) is 10.1. The van der Waals surface area contributed by atoms with Gasteiger partial charge < -0.3 is 19.5 Å². The second-order valence-electron chi connectivity index (χ2n) is 9.65. The molecule has 38 heavy (non-hydrogen) atoms. The molecule has 0 saturated carbocycles. The Morgan fingerprint density at radius 3 is 2.42 bits per heavy atom. The highest BCUT2D eigenvalue weighted by Crippen LogP contribution is 2.30. The van der Waals surface area contributed by atoms with Crippen LogP contribution in [0, 0.1) is 5.92 Å². The first-order chi connectivity index (χ1) is 18.3. The summed E-state index contributed by atoms with van der Waals surface area (Å²) in [6, 6.07) is 21.4. The van der Waals surface area contributed by atoms with Gasteiger partial charge in [-0.15, -0.1) is 0 Å². The molecule has 5 rings (SSSR count). The molecule has 1 fully saturated rings. The molecule has 0 unspecified atom stereocenters. The lowest BCUT2D eigenvalue weighted by Gasteiger charge is -2.37. The lowest BCUT2D eigenvalue weighted by molar-refractivity contribution is -0.134. The van der Waals surface area contributed by atoms with E-state index < -0.39 is 5.63 Å². The van der Waals surface area contributed by atoms with Crippen molar-refractivity contribution in [3.63, 3.8) is 0 Å². The molecule has 1 aliphatic heterocycles. The molecule has 3 aromatic carbocycles. The van der Waals surface area contributed by atoms with Crippen LogP contribution >= 0.6 is 11.6 Å². The first kappa shape index (κ1) is 25.5. The highest BCUT2D eigenvalue weighted by molar-refractivity contribution is 6.33. The predicted molar refractivity (Wildman–Crippen MR) is 151 cm³/mol. The maximum atomic E-state index is 13.0. The summed E-state index contributed by atoms with van der Waals surface area (Å²) < 4.78 is 5.45. The Labute approximate surface area is 225 Å². The van der Waals surface area contributed by atoms with E-state index in [9.17, 15) is 14.4 Å². The van der Waals surface area contributed by atoms with Crippen molar-refractivity contribution in [3.8, 4) is 11.1 Å². The van der Waals surface area contributed by atoms with Crippen molar-refractivity contribution in [1.29, 1.82) is 0 Å². The fourth-order valence-electron chi connectivity index (χ4n) is 4.67. The molecule has 2 amide bonds. The van der Waals surface area contributed by atoms with E-state index in [0.29, 0.717) is 59.2 Å². The van der Waals surface area contributed by atoms with Crippen LogP contribution in [-0.2, 0) is 4.79 Å². The fourth-order valence-corrected chi connectivity index (χ4v) is 4.97. The summed E-state index contributed by atoms with van der Waals surface area (Å²) in [5, 5.41) is 4.22. The lowest BCUT2D eigenvalue weighted by atomic mass is 10.0. The van der Waals surface area contributed by atoms with Crippen LogP contribution in [0.4, 0.5) is 11.4 Å². The first-order valence-electron chi connectivity index (χ1n) is 12.6. The van der Waals surface area contributed by atoms with Crippen LogP contribution < -0.4 is 15.8 Å². The van der Waals surface area contributed by atoms with Gasteiger partial charge >= 0.3 is 5.63 Å².